The number of carbonyl (C=O) groups excluding carboxylic acids is 1. The molecule has 1 aromatic heterocycles. The van der Waals surface area contributed by atoms with Gasteiger partial charge in [0, 0.05) is 29.3 Å². The van der Waals surface area contributed by atoms with E-state index in [0.29, 0.717) is 12.8 Å². The first kappa shape index (κ1) is 22.0. The van der Waals surface area contributed by atoms with Crippen LogP contribution in [0.15, 0.2) is 41.8 Å². The standard InChI is InChI=1S/C21H19F2N5O3/c1-13(3-2-6-31-20-11-25-15(9-24)10-26-20)21(30)28-19(4-5-27-28)16-8-17(22)14(12-29)7-18(16)23/h5,7-8,10-11,19,29H,1-4,6,12H2. The second-order valence-electron chi connectivity index (χ2n) is 6.73. The molecule has 0 bridgehead atoms. The van der Waals surface area contributed by atoms with Gasteiger partial charge < -0.3 is 9.84 Å². The number of nitriles is 1. The molecule has 1 unspecified atom stereocenters. The molecule has 1 aliphatic heterocycles. The average Bonchev–Trinajstić information content (AvgIpc) is 3.27. The van der Waals surface area contributed by atoms with E-state index in [1.807, 2.05) is 6.07 Å². The quantitative estimate of drug-likeness (QED) is 0.512. The molecule has 1 N–H and O–H groups in total. The third kappa shape index (κ3) is 5.07. The summed E-state index contributed by atoms with van der Waals surface area (Å²) < 4.78 is 33.9. The topological polar surface area (TPSA) is 112 Å². The molecule has 1 amide bonds. The Morgan fingerprint density at radius 3 is 2.81 bits per heavy atom. The number of hydrogen-bond donors (Lipinski definition) is 1. The number of carbonyl (C=O) groups is 1. The summed E-state index contributed by atoms with van der Waals surface area (Å²) in [6.07, 6.45) is 5.05. The maximum atomic E-state index is 14.4. The Hall–Kier alpha value is -3.71. The van der Waals surface area contributed by atoms with Crippen LogP contribution in [0.5, 0.6) is 5.88 Å². The van der Waals surface area contributed by atoms with Gasteiger partial charge in [-0.25, -0.2) is 23.8 Å². The van der Waals surface area contributed by atoms with E-state index in [1.165, 1.54) is 18.6 Å². The predicted molar refractivity (Wildman–Crippen MR) is 106 cm³/mol. The molecule has 160 valence electrons. The summed E-state index contributed by atoms with van der Waals surface area (Å²) in [7, 11) is 0. The van der Waals surface area contributed by atoms with Crippen molar-refractivity contribution in [1.29, 1.82) is 5.26 Å². The number of aliphatic hydroxyl groups excluding tert-OH is 1. The number of ether oxygens (including phenoxy) is 1. The highest BCUT2D eigenvalue weighted by Gasteiger charge is 2.32. The summed E-state index contributed by atoms with van der Waals surface area (Å²) >= 11 is 0. The van der Waals surface area contributed by atoms with Crippen molar-refractivity contribution in [3.8, 4) is 11.9 Å². The van der Waals surface area contributed by atoms with Crippen LogP contribution in [0.4, 0.5) is 8.78 Å². The molecule has 0 aliphatic carbocycles. The second kappa shape index (κ2) is 9.86. The van der Waals surface area contributed by atoms with E-state index in [-0.39, 0.29) is 41.3 Å². The number of nitrogens with zero attached hydrogens (tertiary/aromatic N) is 5. The van der Waals surface area contributed by atoms with E-state index >= 15 is 0 Å². The number of halogens is 2. The van der Waals surface area contributed by atoms with Gasteiger partial charge in [0.2, 0.25) is 5.88 Å². The van der Waals surface area contributed by atoms with Crippen molar-refractivity contribution in [3.05, 3.63) is 65.1 Å². The van der Waals surface area contributed by atoms with Crippen LogP contribution in [0.2, 0.25) is 0 Å². The number of benzene rings is 1. The SMILES string of the molecule is C=C(CCCOc1cnc(C#N)cn1)C(=O)N1N=CCC1c1cc(F)c(CO)cc1F. The molecule has 2 aromatic rings. The van der Waals surface area contributed by atoms with Crippen molar-refractivity contribution in [3.63, 3.8) is 0 Å². The Bertz CT molecular complexity index is 1050. The second-order valence-corrected chi connectivity index (χ2v) is 6.73. The third-order valence-electron chi connectivity index (χ3n) is 4.65. The molecule has 8 nitrogen and oxygen atoms in total. The van der Waals surface area contributed by atoms with Crippen molar-refractivity contribution < 1.29 is 23.4 Å². The fourth-order valence-corrected chi connectivity index (χ4v) is 3.03. The number of hydrogen-bond acceptors (Lipinski definition) is 7. The summed E-state index contributed by atoms with van der Waals surface area (Å²) in [6, 6.07) is 2.96. The lowest BCUT2D eigenvalue weighted by Gasteiger charge is -2.24. The van der Waals surface area contributed by atoms with Crippen molar-refractivity contribution >= 4 is 12.1 Å². The lowest BCUT2D eigenvalue weighted by molar-refractivity contribution is -0.129. The molecule has 0 spiro atoms. The largest absolute Gasteiger partial charge is 0.477 e. The first-order valence-corrected chi connectivity index (χ1v) is 9.42. The zero-order valence-electron chi connectivity index (χ0n) is 16.5. The maximum Gasteiger partial charge on any atom is 0.269 e. The molecule has 3 rings (SSSR count). The van der Waals surface area contributed by atoms with Crippen LogP contribution in [0, 0.1) is 23.0 Å². The van der Waals surface area contributed by atoms with Gasteiger partial charge in [0.05, 0.1) is 31.6 Å². The van der Waals surface area contributed by atoms with E-state index in [9.17, 15) is 13.6 Å². The fourth-order valence-electron chi connectivity index (χ4n) is 3.03. The first-order valence-electron chi connectivity index (χ1n) is 9.42. The summed E-state index contributed by atoms with van der Waals surface area (Å²) in [6.45, 7) is 3.39. The van der Waals surface area contributed by atoms with Crippen LogP contribution in [-0.4, -0.2) is 38.8 Å². The summed E-state index contributed by atoms with van der Waals surface area (Å²) in [5.74, 6) is -1.71. The van der Waals surface area contributed by atoms with Gasteiger partial charge in [-0.3, -0.25) is 4.79 Å². The molecule has 2 heterocycles. The summed E-state index contributed by atoms with van der Waals surface area (Å²) in [4.78, 5) is 20.5. The fraction of sp³-hybridized carbons (Fsp3) is 0.286. The minimum Gasteiger partial charge on any atom is -0.477 e. The number of rotatable bonds is 8. The molecule has 31 heavy (non-hydrogen) atoms. The molecule has 0 saturated heterocycles. The van der Waals surface area contributed by atoms with Crippen LogP contribution >= 0.6 is 0 Å². The smallest absolute Gasteiger partial charge is 0.269 e. The van der Waals surface area contributed by atoms with Crippen LogP contribution in [0.25, 0.3) is 0 Å². The van der Waals surface area contributed by atoms with Gasteiger partial charge in [0.1, 0.15) is 17.7 Å². The number of aromatic nitrogens is 2. The van der Waals surface area contributed by atoms with Crippen molar-refractivity contribution in [2.24, 2.45) is 5.10 Å². The molecule has 1 aromatic carbocycles. The molecule has 1 atom stereocenters. The third-order valence-corrected chi connectivity index (χ3v) is 4.65. The lowest BCUT2D eigenvalue weighted by atomic mass is 10.0. The van der Waals surface area contributed by atoms with E-state index in [1.54, 1.807) is 0 Å². The Labute approximate surface area is 177 Å². The summed E-state index contributed by atoms with van der Waals surface area (Å²) in [5, 5.41) is 22.9. The van der Waals surface area contributed by atoms with Crippen molar-refractivity contribution in [2.45, 2.75) is 31.9 Å². The maximum absolute atomic E-state index is 14.4. The highest BCUT2D eigenvalue weighted by molar-refractivity contribution is 5.94. The van der Waals surface area contributed by atoms with Crippen LogP contribution in [0.1, 0.15) is 42.1 Å². The minimum absolute atomic E-state index is 0.0175. The highest BCUT2D eigenvalue weighted by atomic mass is 19.1. The van der Waals surface area contributed by atoms with Crippen LogP contribution < -0.4 is 4.74 Å². The van der Waals surface area contributed by atoms with E-state index in [4.69, 9.17) is 15.1 Å². The van der Waals surface area contributed by atoms with Crippen LogP contribution in [0.3, 0.4) is 0 Å². The van der Waals surface area contributed by atoms with E-state index < -0.39 is 30.2 Å². The predicted octanol–water partition coefficient (Wildman–Crippen LogP) is 2.79. The molecular weight excluding hydrogens is 408 g/mol. The Morgan fingerprint density at radius 1 is 1.32 bits per heavy atom. The molecular formula is C21H19F2N5O3. The van der Waals surface area contributed by atoms with Gasteiger partial charge in [-0.2, -0.15) is 10.4 Å². The minimum atomic E-state index is -0.795. The number of amides is 1. The van der Waals surface area contributed by atoms with Gasteiger partial charge in [-0.05, 0) is 25.0 Å². The lowest BCUT2D eigenvalue weighted by Crippen LogP contribution is -2.29. The van der Waals surface area contributed by atoms with Crippen molar-refractivity contribution in [2.75, 3.05) is 6.61 Å². The van der Waals surface area contributed by atoms with Crippen molar-refractivity contribution in [1.82, 2.24) is 15.0 Å². The Balaban J connectivity index is 1.57. The molecule has 1 aliphatic rings. The van der Waals surface area contributed by atoms with E-state index in [0.717, 1.165) is 17.1 Å². The van der Waals surface area contributed by atoms with Gasteiger partial charge in [0.15, 0.2) is 5.69 Å². The van der Waals surface area contributed by atoms with Gasteiger partial charge in [-0.15, -0.1) is 0 Å². The average molecular weight is 427 g/mol. The molecule has 0 fully saturated rings. The summed E-state index contributed by atoms with van der Waals surface area (Å²) in [5.41, 5.74) is 0.242. The number of aliphatic hydroxyl groups is 1. The van der Waals surface area contributed by atoms with E-state index in [2.05, 4.69) is 21.6 Å². The monoisotopic (exact) mass is 427 g/mol. The molecule has 0 radical (unpaired) electrons. The van der Waals surface area contributed by atoms with Gasteiger partial charge in [-0.1, -0.05) is 6.58 Å². The molecule has 10 heteroatoms. The van der Waals surface area contributed by atoms with Gasteiger partial charge >= 0.3 is 0 Å². The Morgan fingerprint density at radius 2 is 2.13 bits per heavy atom. The zero-order chi connectivity index (χ0) is 22.4. The zero-order valence-corrected chi connectivity index (χ0v) is 16.5. The first-order chi connectivity index (χ1) is 14.9. The normalized spacial score (nSPS) is 15.0. The Kier molecular flexibility index (Phi) is 6.99. The highest BCUT2D eigenvalue weighted by Crippen LogP contribution is 2.32. The van der Waals surface area contributed by atoms with Crippen LogP contribution in [-0.2, 0) is 11.4 Å². The molecule has 0 saturated carbocycles. The van der Waals surface area contributed by atoms with Gasteiger partial charge in [0.25, 0.3) is 5.91 Å². The number of hydrazone groups is 1.